The van der Waals surface area contributed by atoms with Crippen molar-refractivity contribution in [3.05, 3.63) is 95.6 Å². The topological polar surface area (TPSA) is 32.8 Å². The maximum Gasteiger partial charge on any atom is 0.276 e. The lowest BCUT2D eigenvalue weighted by Gasteiger charge is -2.40. The first-order chi connectivity index (χ1) is 13.2. The van der Waals surface area contributed by atoms with Gasteiger partial charge in [0.1, 0.15) is 5.75 Å². The van der Waals surface area contributed by atoms with Crippen LogP contribution in [0.5, 0.6) is 5.75 Å². The average molecular weight is 356 g/mol. The Labute approximate surface area is 158 Å². The number of para-hydroxylation sites is 2. The van der Waals surface area contributed by atoms with Crippen LogP contribution in [0, 0.1) is 6.92 Å². The van der Waals surface area contributed by atoms with E-state index >= 15 is 0 Å². The number of carbonyl (C=O) groups is 1. The maximum atomic E-state index is 13.4. The normalized spacial score (nSPS) is 20.6. The lowest BCUT2D eigenvalue weighted by molar-refractivity contribution is 0.0354. The van der Waals surface area contributed by atoms with Crippen LogP contribution >= 0.6 is 0 Å². The van der Waals surface area contributed by atoms with E-state index in [-0.39, 0.29) is 18.2 Å². The summed E-state index contributed by atoms with van der Waals surface area (Å²) in [6.07, 6.45) is 0.392. The van der Waals surface area contributed by atoms with Crippen molar-refractivity contribution in [2.24, 2.45) is 0 Å². The Morgan fingerprint density at radius 3 is 2.37 bits per heavy atom. The third kappa shape index (κ3) is 2.48. The molecule has 1 fully saturated rings. The molecule has 1 saturated heterocycles. The molecule has 2 unspecified atom stereocenters. The van der Waals surface area contributed by atoms with E-state index in [1.54, 1.807) is 5.01 Å². The number of fused-ring (bicyclic) bond motifs is 4. The molecule has 2 bridgehead atoms. The zero-order valence-corrected chi connectivity index (χ0v) is 15.1. The lowest BCUT2D eigenvalue weighted by atomic mass is 9.96. The van der Waals surface area contributed by atoms with Crippen molar-refractivity contribution in [1.82, 2.24) is 5.01 Å². The fraction of sp³-hybridized carbons (Fsp3) is 0.174. The molecule has 2 aliphatic rings. The van der Waals surface area contributed by atoms with Crippen LogP contribution in [-0.4, -0.2) is 17.1 Å². The molecule has 3 aromatic rings. The highest BCUT2D eigenvalue weighted by Crippen LogP contribution is 2.46. The first-order valence-corrected chi connectivity index (χ1v) is 9.23. The number of aryl methyl sites for hydroxylation is 1. The van der Waals surface area contributed by atoms with Crippen LogP contribution in [0.4, 0.5) is 5.69 Å². The average Bonchev–Trinajstić information content (AvgIpc) is 3.01. The third-order valence-corrected chi connectivity index (χ3v) is 5.36. The van der Waals surface area contributed by atoms with Crippen molar-refractivity contribution in [2.45, 2.75) is 25.6 Å². The minimum Gasteiger partial charge on any atom is -0.469 e. The van der Waals surface area contributed by atoms with Gasteiger partial charge in [-0.05, 0) is 42.3 Å². The highest BCUT2D eigenvalue weighted by molar-refractivity contribution is 5.99. The molecule has 1 amide bonds. The van der Waals surface area contributed by atoms with Gasteiger partial charge in [0.05, 0.1) is 11.7 Å². The van der Waals surface area contributed by atoms with Gasteiger partial charge >= 0.3 is 0 Å². The number of benzene rings is 3. The smallest absolute Gasteiger partial charge is 0.276 e. The van der Waals surface area contributed by atoms with Crippen molar-refractivity contribution in [3.8, 4) is 5.75 Å². The zero-order chi connectivity index (χ0) is 18.4. The maximum absolute atomic E-state index is 13.4. The number of hydrazine groups is 1. The van der Waals surface area contributed by atoms with E-state index in [2.05, 4.69) is 30.1 Å². The number of hydrogen-bond acceptors (Lipinski definition) is 3. The second kappa shape index (κ2) is 6.16. The number of rotatable bonds is 3. The molecule has 0 aliphatic carbocycles. The Morgan fingerprint density at radius 2 is 1.56 bits per heavy atom. The predicted molar refractivity (Wildman–Crippen MR) is 104 cm³/mol. The zero-order valence-electron chi connectivity index (χ0n) is 15.1. The molecule has 2 atom stereocenters. The van der Waals surface area contributed by atoms with E-state index < -0.39 is 0 Å². The van der Waals surface area contributed by atoms with Gasteiger partial charge in [-0.3, -0.25) is 9.80 Å². The molecule has 2 aliphatic heterocycles. The SMILES string of the molecule is Cc1ccccc1N1C2CC(Oc3ccccc3)N1C(=O)c1ccccc12. The van der Waals surface area contributed by atoms with Gasteiger partial charge in [0.15, 0.2) is 6.23 Å². The molecule has 27 heavy (non-hydrogen) atoms. The Hall–Kier alpha value is -3.27. The van der Waals surface area contributed by atoms with Gasteiger partial charge in [-0.1, -0.05) is 54.6 Å². The Bertz CT molecular complexity index is 1000. The quantitative estimate of drug-likeness (QED) is 0.681. The van der Waals surface area contributed by atoms with E-state index in [9.17, 15) is 4.79 Å². The number of carbonyl (C=O) groups excluding carboxylic acids is 1. The number of anilines is 1. The van der Waals surface area contributed by atoms with E-state index in [1.165, 1.54) is 0 Å². The van der Waals surface area contributed by atoms with E-state index in [4.69, 9.17) is 4.74 Å². The molecule has 134 valence electrons. The second-order valence-electron chi connectivity index (χ2n) is 7.01. The summed E-state index contributed by atoms with van der Waals surface area (Å²) in [6, 6.07) is 25.9. The molecule has 0 aromatic heterocycles. The van der Waals surface area contributed by atoms with Crippen molar-refractivity contribution in [3.63, 3.8) is 0 Å². The molecular formula is C23H20N2O2. The number of nitrogens with zero attached hydrogens (tertiary/aromatic N) is 2. The van der Waals surface area contributed by atoms with Crippen molar-refractivity contribution >= 4 is 11.6 Å². The molecule has 0 N–H and O–H groups in total. The van der Waals surface area contributed by atoms with Gasteiger partial charge in [-0.25, -0.2) is 5.01 Å². The fourth-order valence-electron chi connectivity index (χ4n) is 4.13. The molecule has 4 nitrogen and oxygen atoms in total. The number of hydrogen-bond donors (Lipinski definition) is 0. The first kappa shape index (κ1) is 15.9. The third-order valence-electron chi connectivity index (χ3n) is 5.36. The molecular weight excluding hydrogens is 336 g/mol. The minimum atomic E-state index is -0.336. The fourth-order valence-corrected chi connectivity index (χ4v) is 4.13. The number of amides is 1. The molecule has 4 heteroatoms. The summed E-state index contributed by atoms with van der Waals surface area (Å²) in [7, 11) is 0. The summed E-state index contributed by atoms with van der Waals surface area (Å²) in [5.74, 6) is 0.764. The van der Waals surface area contributed by atoms with Gasteiger partial charge in [-0.15, -0.1) is 0 Å². The van der Waals surface area contributed by atoms with Crippen molar-refractivity contribution < 1.29 is 9.53 Å². The van der Waals surface area contributed by atoms with Gasteiger partial charge < -0.3 is 4.74 Å². The van der Waals surface area contributed by atoms with Gasteiger partial charge in [0.2, 0.25) is 0 Å². The highest BCUT2D eigenvalue weighted by Gasteiger charge is 2.50. The van der Waals surface area contributed by atoms with Gasteiger partial charge in [0, 0.05) is 12.0 Å². The Kier molecular flexibility index (Phi) is 3.64. The molecule has 0 saturated carbocycles. The standard InChI is InChI=1S/C23H20N2O2/c1-16-9-5-8-14-20(16)24-21-15-22(27-17-10-3-2-4-11-17)25(24)23(26)19-13-7-6-12-18(19)21/h2-14,21-22H,15H2,1H3. The highest BCUT2D eigenvalue weighted by atomic mass is 16.5. The van der Waals surface area contributed by atoms with Gasteiger partial charge in [0.25, 0.3) is 5.91 Å². The Balaban J connectivity index is 1.62. The van der Waals surface area contributed by atoms with E-state index in [0.717, 1.165) is 34.5 Å². The monoisotopic (exact) mass is 356 g/mol. The van der Waals surface area contributed by atoms with Crippen LogP contribution in [0.1, 0.15) is 33.9 Å². The number of ether oxygens (including phenoxy) is 1. The van der Waals surface area contributed by atoms with Crippen molar-refractivity contribution in [2.75, 3.05) is 5.01 Å². The molecule has 2 heterocycles. The lowest BCUT2D eigenvalue weighted by Crippen LogP contribution is -2.51. The summed E-state index contributed by atoms with van der Waals surface area (Å²) < 4.78 is 6.25. The molecule has 5 rings (SSSR count). The predicted octanol–water partition coefficient (Wildman–Crippen LogP) is 4.72. The van der Waals surface area contributed by atoms with Crippen LogP contribution in [0.15, 0.2) is 78.9 Å². The van der Waals surface area contributed by atoms with Crippen LogP contribution in [0.25, 0.3) is 0 Å². The van der Waals surface area contributed by atoms with Crippen LogP contribution in [-0.2, 0) is 0 Å². The van der Waals surface area contributed by atoms with Crippen LogP contribution in [0.2, 0.25) is 0 Å². The van der Waals surface area contributed by atoms with Crippen LogP contribution < -0.4 is 9.75 Å². The summed E-state index contributed by atoms with van der Waals surface area (Å²) in [5.41, 5.74) is 4.03. The molecule has 0 radical (unpaired) electrons. The van der Waals surface area contributed by atoms with Crippen LogP contribution in [0.3, 0.4) is 0 Å². The molecule has 0 spiro atoms. The summed E-state index contributed by atoms with van der Waals surface area (Å²) in [6.45, 7) is 2.08. The Morgan fingerprint density at radius 1 is 0.852 bits per heavy atom. The van der Waals surface area contributed by atoms with E-state index in [1.807, 2.05) is 60.7 Å². The summed E-state index contributed by atoms with van der Waals surface area (Å²) >= 11 is 0. The summed E-state index contributed by atoms with van der Waals surface area (Å²) in [5, 5.41) is 3.91. The summed E-state index contributed by atoms with van der Waals surface area (Å²) in [4.78, 5) is 13.4. The first-order valence-electron chi connectivity index (χ1n) is 9.23. The van der Waals surface area contributed by atoms with E-state index in [0.29, 0.717) is 0 Å². The van der Waals surface area contributed by atoms with Crippen molar-refractivity contribution in [1.29, 1.82) is 0 Å². The molecule has 3 aromatic carbocycles. The largest absolute Gasteiger partial charge is 0.469 e. The van der Waals surface area contributed by atoms with Gasteiger partial charge in [-0.2, -0.15) is 0 Å². The minimum absolute atomic E-state index is 0.0106. The second-order valence-corrected chi connectivity index (χ2v) is 7.01.